The fraction of sp³-hybridized carbons (Fsp3) is 0.125. The Morgan fingerprint density at radius 2 is 2.00 bits per heavy atom. The van der Waals surface area contributed by atoms with Crippen LogP contribution in [0, 0.1) is 0 Å². The molecule has 4 heteroatoms. The van der Waals surface area contributed by atoms with Crippen molar-refractivity contribution in [3.63, 3.8) is 0 Å². The van der Waals surface area contributed by atoms with Gasteiger partial charge in [-0.3, -0.25) is 4.79 Å². The number of carbonyl (C=O) groups is 1. The Hall–Kier alpha value is -0.870. The van der Waals surface area contributed by atoms with E-state index in [1.54, 1.807) is 24.3 Å². The topological polar surface area (TPSA) is 46.5 Å². The smallest absolute Gasteiger partial charge is 0.179 e. The van der Waals surface area contributed by atoms with Crippen LogP contribution in [0.25, 0.3) is 0 Å². The van der Waals surface area contributed by atoms with E-state index in [9.17, 15) is 4.79 Å². The third-order valence-corrected chi connectivity index (χ3v) is 1.48. The minimum Gasteiger partial charge on any atom is -0.417 e. The van der Waals surface area contributed by atoms with E-state index in [4.69, 9.17) is 8.93 Å². The Morgan fingerprint density at radius 1 is 1.42 bits per heavy atom. The summed E-state index contributed by atoms with van der Waals surface area (Å²) >= 11 is 2.79. The summed E-state index contributed by atoms with van der Waals surface area (Å²) in [7, 11) is 1.00. The average molecular weight is 233 g/mol. The van der Waals surface area contributed by atoms with Gasteiger partial charge >= 0.3 is 0 Å². The third kappa shape index (κ3) is 3.02. The fourth-order valence-electron chi connectivity index (χ4n) is 0.648. The molecule has 1 aromatic rings. The van der Waals surface area contributed by atoms with Crippen molar-refractivity contribution in [3.8, 4) is 5.75 Å². The molecular formula is C8H9BrO3. The lowest BCUT2D eigenvalue weighted by Crippen LogP contribution is -1.83. The van der Waals surface area contributed by atoms with E-state index in [0.29, 0.717) is 11.3 Å². The molecule has 0 atom stereocenters. The van der Waals surface area contributed by atoms with Crippen molar-refractivity contribution in [1.82, 2.24) is 0 Å². The van der Waals surface area contributed by atoms with E-state index in [1.807, 2.05) is 0 Å². The highest BCUT2D eigenvalue weighted by molar-refractivity contribution is 9.06. The summed E-state index contributed by atoms with van der Waals surface area (Å²) in [5.74, 6) is 0.539. The van der Waals surface area contributed by atoms with Gasteiger partial charge in [0.1, 0.15) is 5.75 Å². The van der Waals surface area contributed by atoms with Gasteiger partial charge in [0.05, 0.1) is 5.56 Å². The van der Waals surface area contributed by atoms with Crippen molar-refractivity contribution in [2.24, 2.45) is 0 Å². The number of hydrogen-bond donors (Lipinski definition) is 1. The number of aliphatic hydroxyl groups is 1. The molecule has 0 amide bonds. The minimum atomic E-state index is 0.539. The fourth-order valence-corrected chi connectivity index (χ4v) is 0.943. The van der Waals surface area contributed by atoms with Crippen LogP contribution in [0.1, 0.15) is 10.4 Å². The van der Waals surface area contributed by atoms with Crippen molar-refractivity contribution in [2.45, 2.75) is 0 Å². The summed E-state index contributed by atoms with van der Waals surface area (Å²) in [6, 6.07) is 6.96. The number of hydrogen-bond acceptors (Lipinski definition) is 3. The largest absolute Gasteiger partial charge is 0.417 e. The molecule has 12 heavy (non-hydrogen) atoms. The average Bonchev–Trinajstić information content (AvgIpc) is 2.20. The SMILES string of the molecule is CO.O=Cc1ccccc1OBr. The molecule has 0 saturated carbocycles. The zero-order chi connectivity index (χ0) is 9.40. The highest BCUT2D eigenvalue weighted by Crippen LogP contribution is 2.16. The Bertz CT molecular complexity index is 237. The Labute approximate surface area is 79.4 Å². The monoisotopic (exact) mass is 232 g/mol. The molecule has 3 nitrogen and oxygen atoms in total. The van der Waals surface area contributed by atoms with E-state index in [2.05, 4.69) is 16.3 Å². The number of benzene rings is 1. The predicted octanol–water partition coefficient (Wildman–Crippen LogP) is 1.80. The number of para-hydroxylation sites is 1. The van der Waals surface area contributed by atoms with Gasteiger partial charge in [-0.2, -0.15) is 0 Å². The molecule has 0 unspecified atom stereocenters. The third-order valence-electron chi connectivity index (χ3n) is 1.13. The van der Waals surface area contributed by atoms with E-state index in [-0.39, 0.29) is 0 Å². The maximum Gasteiger partial charge on any atom is 0.179 e. The normalized spacial score (nSPS) is 7.92. The molecule has 0 aliphatic rings. The molecule has 0 aliphatic carbocycles. The van der Waals surface area contributed by atoms with Crippen LogP contribution in [0.3, 0.4) is 0 Å². The number of carbonyl (C=O) groups excluding carboxylic acids is 1. The first-order valence-corrected chi connectivity index (χ1v) is 3.80. The second kappa shape index (κ2) is 6.82. The molecule has 0 spiro atoms. The molecule has 0 aliphatic heterocycles. The van der Waals surface area contributed by atoms with Gasteiger partial charge in [0.15, 0.2) is 22.5 Å². The molecule has 66 valence electrons. The summed E-state index contributed by atoms with van der Waals surface area (Å²) in [6.07, 6.45) is 0.747. The summed E-state index contributed by atoms with van der Waals surface area (Å²) in [4.78, 5) is 10.3. The van der Waals surface area contributed by atoms with Crippen molar-refractivity contribution < 1.29 is 13.7 Å². The Morgan fingerprint density at radius 3 is 2.42 bits per heavy atom. The lowest BCUT2D eigenvalue weighted by molar-refractivity contribution is 0.112. The van der Waals surface area contributed by atoms with Crippen molar-refractivity contribution in [3.05, 3.63) is 29.8 Å². The quantitative estimate of drug-likeness (QED) is 0.792. The standard InChI is InChI=1S/C7H5BrO2.CH4O/c8-10-7-4-2-1-3-6(7)5-9;1-2/h1-5H;2H,1H3. The molecule has 0 heterocycles. The molecule has 1 rings (SSSR count). The number of halogens is 1. The predicted molar refractivity (Wildman–Crippen MR) is 49.5 cm³/mol. The van der Waals surface area contributed by atoms with Gasteiger partial charge in [-0.25, -0.2) is 0 Å². The zero-order valence-electron chi connectivity index (χ0n) is 6.53. The zero-order valence-corrected chi connectivity index (χ0v) is 8.11. The van der Waals surface area contributed by atoms with Crippen molar-refractivity contribution in [1.29, 1.82) is 0 Å². The number of aliphatic hydroxyl groups excluding tert-OH is 1. The molecule has 0 fully saturated rings. The van der Waals surface area contributed by atoms with Crippen LogP contribution >= 0.6 is 16.3 Å². The summed E-state index contributed by atoms with van der Waals surface area (Å²) in [5.41, 5.74) is 0.541. The highest BCUT2D eigenvalue weighted by atomic mass is 79.9. The number of rotatable bonds is 2. The summed E-state index contributed by atoms with van der Waals surface area (Å²) < 4.78 is 4.72. The van der Waals surface area contributed by atoms with Gasteiger partial charge in [0.2, 0.25) is 0 Å². The van der Waals surface area contributed by atoms with E-state index in [0.717, 1.165) is 13.4 Å². The summed E-state index contributed by atoms with van der Waals surface area (Å²) in [6.45, 7) is 0. The lowest BCUT2D eigenvalue weighted by Gasteiger charge is -1.97. The van der Waals surface area contributed by atoms with E-state index >= 15 is 0 Å². The lowest BCUT2D eigenvalue weighted by atomic mass is 10.2. The van der Waals surface area contributed by atoms with Gasteiger partial charge in [-0.15, -0.1) is 0 Å². The molecule has 0 aromatic heterocycles. The first kappa shape index (κ1) is 11.1. The first-order valence-electron chi connectivity index (χ1n) is 3.16. The Balaban J connectivity index is 0.000000561. The van der Waals surface area contributed by atoms with Crippen LogP contribution < -0.4 is 3.83 Å². The van der Waals surface area contributed by atoms with Crippen LogP contribution in [-0.4, -0.2) is 18.5 Å². The van der Waals surface area contributed by atoms with Crippen LogP contribution in [0.4, 0.5) is 0 Å². The van der Waals surface area contributed by atoms with Gasteiger partial charge in [0, 0.05) is 7.11 Å². The molecule has 0 bridgehead atoms. The van der Waals surface area contributed by atoms with E-state index < -0.39 is 0 Å². The Kier molecular flexibility index (Phi) is 6.32. The first-order chi connectivity index (χ1) is 5.88. The maximum absolute atomic E-state index is 10.3. The molecule has 1 N–H and O–H groups in total. The van der Waals surface area contributed by atoms with Crippen LogP contribution in [-0.2, 0) is 0 Å². The number of aldehydes is 1. The van der Waals surface area contributed by atoms with Gasteiger partial charge in [-0.05, 0) is 12.1 Å². The van der Waals surface area contributed by atoms with Gasteiger partial charge < -0.3 is 8.93 Å². The van der Waals surface area contributed by atoms with Crippen LogP contribution in [0.15, 0.2) is 24.3 Å². The van der Waals surface area contributed by atoms with Gasteiger partial charge in [0.25, 0.3) is 0 Å². The minimum absolute atomic E-state index is 0.539. The molecule has 0 radical (unpaired) electrons. The van der Waals surface area contributed by atoms with Crippen molar-refractivity contribution >= 4 is 22.5 Å². The second-order valence-electron chi connectivity index (χ2n) is 1.73. The van der Waals surface area contributed by atoms with Crippen LogP contribution in [0.5, 0.6) is 5.75 Å². The van der Waals surface area contributed by atoms with E-state index in [1.165, 1.54) is 0 Å². The highest BCUT2D eigenvalue weighted by Gasteiger charge is 1.97. The van der Waals surface area contributed by atoms with Gasteiger partial charge in [-0.1, -0.05) is 12.1 Å². The van der Waals surface area contributed by atoms with Crippen molar-refractivity contribution in [2.75, 3.05) is 7.11 Å². The molecule has 0 saturated heterocycles. The second-order valence-corrected chi connectivity index (χ2v) is 2.06. The summed E-state index contributed by atoms with van der Waals surface area (Å²) in [5, 5.41) is 7.00. The maximum atomic E-state index is 10.3. The molecule has 1 aromatic carbocycles. The molecular weight excluding hydrogens is 224 g/mol. The van der Waals surface area contributed by atoms with Crippen LogP contribution in [0.2, 0.25) is 0 Å².